The molecule has 0 bridgehead atoms. The third kappa shape index (κ3) is 4.30. The van der Waals surface area contributed by atoms with Crippen molar-refractivity contribution in [1.29, 1.82) is 0 Å². The monoisotopic (exact) mass is 286 g/mol. The molecule has 2 N–H and O–H groups in total. The van der Waals surface area contributed by atoms with Crippen LogP contribution in [0.1, 0.15) is 17.3 Å². The van der Waals surface area contributed by atoms with Crippen LogP contribution in [-0.4, -0.2) is 41.1 Å². The molecule has 19 heavy (non-hydrogen) atoms. The summed E-state index contributed by atoms with van der Waals surface area (Å²) in [5, 5.41) is 2.47. The van der Waals surface area contributed by atoms with Gasteiger partial charge in [-0.05, 0) is 31.2 Å². The highest BCUT2D eigenvalue weighted by Gasteiger charge is 2.17. The van der Waals surface area contributed by atoms with Gasteiger partial charge >= 0.3 is 0 Å². The molecule has 0 unspecified atom stereocenters. The van der Waals surface area contributed by atoms with Gasteiger partial charge in [0, 0.05) is 25.8 Å². The van der Waals surface area contributed by atoms with Crippen LogP contribution in [-0.2, 0) is 14.8 Å². The lowest BCUT2D eigenvalue weighted by atomic mass is 10.2. The standard InChI is InChI=1S/C12H18N2O4S/c1-9(8-18-3)14-19(16,17)11-6-4-10(5-7-11)12(15)13-2/h4-7,9,14H,8H2,1-3H3,(H,13,15)/t9-/m0/s1. The highest BCUT2D eigenvalue weighted by Crippen LogP contribution is 2.11. The summed E-state index contributed by atoms with van der Waals surface area (Å²) in [7, 11) is -0.575. The number of sulfonamides is 1. The third-order valence-corrected chi connectivity index (χ3v) is 4.03. The van der Waals surface area contributed by atoms with E-state index in [9.17, 15) is 13.2 Å². The lowest BCUT2D eigenvalue weighted by Crippen LogP contribution is -2.35. The molecule has 1 rings (SSSR count). The second-order valence-corrected chi connectivity index (χ2v) is 5.80. The molecule has 0 aliphatic heterocycles. The number of nitrogens with one attached hydrogen (secondary N) is 2. The molecule has 7 heteroatoms. The first kappa shape index (κ1) is 15.6. The molecule has 0 saturated heterocycles. The van der Waals surface area contributed by atoms with E-state index < -0.39 is 10.0 Å². The van der Waals surface area contributed by atoms with E-state index in [4.69, 9.17) is 4.74 Å². The normalized spacial score (nSPS) is 13.0. The van der Waals surface area contributed by atoms with Gasteiger partial charge in [0.15, 0.2) is 0 Å². The molecular formula is C12H18N2O4S. The molecule has 0 aliphatic rings. The van der Waals surface area contributed by atoms with Crippen LogP contribution in [0.3, 0.4) is 0 Å². The zero-order chi connectivity index (χ0) is 14.5. The van der Waals surface area contributed by atoms with Crippen molar-refractivity contribution in [3.8, 4) is 0 Å². The first-order valence-electron chi connectivity index (χ1n) is 5.74. The molecule has 0 radical (unpaired) electrons. The molecule has 0 saturated carbocycles. The molecule has 1 atom stereocenters. The van der Waals surface area contributed by atoms with Crippen LogP contribution in [0.25, 0.3) is 0 Å². The van der Waals surface area contributed by atoms with Gasteiger partial charge < -0.3 is 10.1 Å². The maximum absolute atomic E-state index is 12.0. The van der Waals surface area contributed by atoms with E-state index >= 15 is 0 Å². The Balaban J connectivity index is 2.88. The van der Waals surface area contributed by atoms with E-state index in [0.29, 0.717) is 5.56 Å². The summed E-state index contributed by atoms with van der Waals surface area (Å²) in [5.74, 6) is -0.260. The Morgan fingerprint density at radius 1 is 1.32 bits per heavy atom. The van der Waals surface area contributed by atoms with Crippen molar-refractivity contribution in [3.05, 3.63) is 29.8 Å². The molecule has 0 spiro atoms. The van der Waals surface area contributed by atoms with Crippen molar-refractivity contribution >= 4 is 15.9 Å². The summed E-state index contributed by atoms with van der Waals surface area (Å²) in [6, 6.07) is 5.40. The molecule has 0 heterocycles. The average Bonchev–Trinajstić information content (AvgIpc) is 2.37. The summed E-state index contributed by atoms with van der Waals surface area (Å²) in [4.78, 5) is 11.5. The summed E-state index contributed by atoms with van der Waals surface area (Å²) >= 11 is 0. The average molecular weight is 286 g/mol. The van der Waals surface area contributed by atoms with Crippen LogP contribution < -0.4 is 10.0 Å². The van der Waals surface area contributed by atoms with Crippen LogP contribution in [0.2, 0.25) is 0 Å². The number of hydrogen-bond acceptors (Lipinski definition) is 4. The number of amides is 1. The molecular weight excluding hydrogens is 268 g/mol. The van der Waals surface area contributed by atoms with Crippen molar-refractivity contribution in [1.82, 2.24) is 10.0 Å². The molecule has 0 aromatic heterocycles. The zero-order valence-corrected chi connectivity index (χ0v) is 12.0. The Bertz CT molecular complexity index is 525. The van der Waals surface area contributed by atoms with Gasteiger partial charge in [0.25, 0.3) is 5.91 Å². The quantitative estimate of drug-likeness (QED) is 0.791. The number of benzene rings is 1. The fourth-order valence-electron chi connectivity index (χ4n) is 1.55. The van der Waals surface area contributed by atoms with Crippen molar-refractivity contribution in [2.45, 2.75) is 17.9 Å². The second-order valence-electron chi connectivity index (χ2n) is 4.08. The van der Waals surface area contributed by atoms with Gasteiger partial charge in [-0.15, -0.1) is 0 Å². The molecule has 6 nitrogen and oxygen atoms in total. The first-order valence-corrected chi connectivity index (χ1v) is 7.22. The van der Waals surface area contributed by atoms with E-state index in [1.807, 2.05) is 0 Å². The summed E-state index contributed by atoms with van der Waals surface area (Å²) in [6.45, 7) is 2.00. The fourth-order valence-corrected chi connectivity index (χ4v) is 2.77. The van der Waals surface area contributed by atoms with Crippen molar-refractivity contribution in [3.63, 3.8) is 0 Å². The van der Waals surface area contributed by atoms with Gasteiger partial charge in [0.1, 0.15) is 0 Å². The Hall–Kier alpha value is -1.44. The minimum Gasteiger partial charge on any atom is -0.383 e. The molecule has 0 aliphatic carbocycles. The number of ether oxygens (including phenoxy) is 1. The second kappa shape index (κ2) is 6.65. The van der Waals surface area contributed by atoms with Crippen LogP contribution in [0, 0.1) is 0 Å². The molecule has 1 aromatic rings. The predicted molar refractivity (Wildman–Crippen MR) is 71.5 cm³/mol. The number of methoxy groups -OCH3 is 1. The van der Waals surface area contributed by atoms with E-state index in [-0.39, 0.29) is 23.5 Å². The van der Waals surface area contributed by atoms with Crippen molar-refractivity contribution < 1.29 is 17.9 Å². The number of rotatable bonds is 6. The Labute approximate surface area is 113 Å². The third-order valence-electron chi connectivity index (χ3n) is 2.43. The van der Waals surface area contributed by atoms with E-state index in [1.54, 1.807) is 6.92 Å². The van der Waals surface area contributed by atoms with Gasteiger partial charge in [0.05, 0.1) is 11.5 Å². The Morgan fingerprint density at radius 3 is 2.37 bits per heavy atom. The van der Waals surface area contributed by atoms with Crippen molar-refractivity contribution in [2.24, 2.45) is 0 Å². The number of carbonyl (C=O) groups excluding carboxylic acids is 1. The fraction of sp³-hybridized carbons (Fsp3) is 0.417. The maximum Gasteiger partial charge on any atom is 0.251 e. The van der Waals surface area contributed by atoms with Crippen LogP contribution in [0.5, 0.6) is 0 Å². The van der Waals surface area contributed by atoms with Gasteiger partial charge in [-0.1, -0.05) is 0 Å². The maximum atomic E-state index is 12.0. The molecule has 1 aromatic carbocycles. The topological polar surface area (TPSA) is 84.5 Å². The Kier molecular flexibility index (Phi) is 5.46. The molecule has 1 amide bonds. The minimum absolute atomic E-state index is 0.114. The number of carbonyl (C=O) groups is 1. The van der Waals surface area contributed by atoms with Gasteiger partial charge in [-0.25, -0.2) is 13.1 Å². The zero-order valence-electron chi connectivity index (χ0n) is 11.1. The summed E-state index contributed by atoms with van der Waals surface area (Å²) in [6.07, 6.45) is 0. The van der Waals surface area contributed by atoms with Crippen LogP contribution >= 0.6 is 0 Å². The van der Waals surface area contributed by atoms with Gasteiger partial charge in [-0.3, -0.25) is 4.79 Å². The molecule has 0 fully saturated rings. The molecule has 106 valence electrons. The highest BCUT2D eigenvalue weighted by molar-refractivity contribution is 7.89. The van der Waals surface area contributed by atoms with Crippen LogP contribution in [0.4, 0.5) is 0 Å². The Morgan fingerprint density at radius 2 is 1.89 bits per heavy atom. The number of hydrogen-bond donors (Lipinski definition) is 2. The predicted octanol–water partition coefficient (Wildman–Crippen LogP) is 0.359. The van der Waals surface area contributed by atoms with E-state index in [0.717, 1.165) is 0 Å². The highest BCUT2D eigenvalue weighted by atomic mass is 32.2. The largest absolute Gasteiger partial charge is 0.383 e. The van der Waals surface area contributed by atoms with E-state index in [2.05, 4.69) is 10.0 Å². The lowest BCUT2D eigenvalue weighted by Gasteiger charge is -2.13. The van der Waals surface area contributed by atoms with Gasteiger partial charge in [-0.2, -0.15) is 0 Å². The first-order chi connectivity index (χ1) is 8.90. The lowest BCUT2D eigenvalue weighted by molar-refractivity contribution is 0.0963. The summed E-state index contributed by atoms with van der Waals surface area (Å²) in [5.41, 5.74) is 0.409. The SMILES string of the molecule is CNC(=O)c1ccc(S(=O)(=O)N[C@@H](C)COC)cc1. The van der Waals surface area contributed by atoms with Crippen molar-refractivity contribution in [2.75, 3.05) is 20.8 Å². The van der Waals surface area contributed by atoms with E-state index in [1.165, 1.54) is 38.4 Å². The van der Waals surface area contributed by atoms with Gasteiger partial charge in [0.2, 0.25) is 10.0 Å². The smallest absolute Gasteiger partial charge is 0.251 e. The minimum atomic E-state index is -3.59. The van der Waals surface area contributed by atoms with Crippen LogP contribution in [0.15, 0.2) is 29.2 Å². The summed E-state index contributed by atoms with van der Waals surface area (Å²) < 4.78 is 31.4.